The summed E-state index contributed by atoms with van der Waals surface area (Å²) in [6.45, 7) is 2.06. The lowest BCUT2D eigenvalue weighted by Crippen LogP contribution is -1.94. The van der Waals surface area contributed by atoms with E-state index in [1.165, 1.54) is 43.6 Å². The SMILES string of the molecule is CCOP(=O)(O)CCCCCCCCc1ccc(-c2ccc(-c3cccs3)s2)s1. The van der Waals surface area contributed by atoms with Gasteiger partial charge >= 0.3 is 7.60 Å². The van der Waals surface area contributed by atoms with E-state index in [-0.39, 0.29) is 6.16 Å². The number of hydrogen-bond acceptors (Lipinski definition) is 5. The molecule has 0 saturated carbocycles. The first-order valence-electron chi connectivity index (χ1n) is 10.3. The third-order valence-electron chi connectivity index (χ3n) is 4.72. The molecule has 0 bridgehead atoms. The van der Waals surface area contributed by atoms with Crippen LogP contribution in [-0.4, -0.2) is 17.7 Å². The summed E-state index contributed by atoms with van der Waals surface area (Å²) in [6, 6.07) is 13.3. The smallest absolute Gasteiger partial charge is 0.324 e. The minimum Gasteiger partial charge on any atom is -0.324 e. The molecule has 0 saturated heterocycles. The van der Waals surface area contributed by atoms with Gasteiger partial charge in [0.1, 0.15) is 0 Å². The van der Waals surface area contributed by atoms with Gasteiger partial charge in [-0.3, -0.25) is 4.57 Å². The third kappa shape index (κ3) is 7.46. The van der Waals surface area contributed by atoms with Crippen LogP contribution in [0.25, 0.3) is 19.5 Å². The molecule has 0 fully saturated rings. The Morgan fingerprint density at radius 1 is 0.862 bits per heavy atom. The lowest BCUT2D eigenvalue weighted by molar-refractivity contribution is 0.272. The van der Waals surface area contributed by atoms with Crippen molar-refractivity contribution >= 4 is 41.6 Å². The Hall–Kier alpha value is -0.750. The van der Waals surface area contributed by atoms with E-state index in [1.54, 1.807) is 18.3 Å². The minimum absolute atomic E-state index is 0.287. The van der Waals surface area contributed by atoms with Crippen molar-refractivity contribution in [3.05, 3.63) is 46.7 Å². The van der Waals surface area contributed by atoms with Crippen molar-refractivity contribution in [2.24, 2.45) is 0 Å². The van der Waals surface area contributed by atoms with Gasteiger partial charge in [-0.2, -0.15) is 0 Å². The summed E-state index contributed by atoms with van der Waals surface area (Å²) < 4.78 is 16.5. The van der Waals surface area contributed by atoms with Crippen molar-refractivity contribution in [2.45, 2.75) is 51.9 Å². The standard InChI is InChI=1S/C22H29O3PS3/c1-2-25-26(23,24)16-8-6-4-3-5-7-10-18-12-13-21(28-18)22-15-14-20(29-22)19-11-9-17-27-19/h9,11-15,17H,2-8,10,16H2,1H3,(H,23,24). The molecule has 0 aliphatic carbocycles. The summed E-state index contributed by atoms with van der Waals surface area (Å²) in [7, 11) is -3.33. The molecule has 3 aromatic rings. The average molecular weight is 469 g/mol. The number of hydrogen-bond donors (Lipinski definition) is 1. The molecule has 1 N–H and O–H groups in total. The van der Waals surface area contributed by atoms with Gasteiger partial charge in [-0.25, -0.2) is 0 Å². The first kappa shape index (κ1) is 22.9. The van der Waals surface area contributed by atoms with Gasteiger partial charge in [-0.1, -0.05) is 31.7 Å². The fraction of sp³-hybridized carbons (Fsp3) is 0.455. The van der Waals surface area contributed by atoms with Crippen molar-refractivity contribution in [2.75, 3.05) is 12.8 Å². The maximum Gasteiger partial charge on any atom is 0.328 e. The van der Waals surface area contributed by atoms with Crippen molar-refractivity contribution in [3.8, 4) is 19.5 Å². The molecule has 0 spiro atoms. The Balaban J connectivity index is 1.33. The Morgan fingerprint density at radius 3 is 2.24 bits per heavy atom. The zero-order valence-electron chi connectivity index (χ0n) is 16.8. The molecule has 0 radical (unpaired) electrons. The van der Waals surface area contributed by atoms with Crippen LogP contribution in [0.15, 0.2) is 41.8 Å². The first-order valence-corrected chi connectivity index (χ1v) is 14.5. The van der Waals surface area contributed by atoms with E-state index in [2.05, 4.69) is 41.8 Å². The Labute approximate surface area is 185 Å². The maximum absolute atomic E-state index is 11.6. The maximum atomic E-state index is 11.6. The molecule has 0 aliphatic heterocycles. The van der Waals surface area contributed by atoms with E-state index in [0.717, 1.165) is 25.7 Å². The summed E-state index contributed by atoms with van der Waals surface area (Å²) >= 11 is 5.59. The molecule has 3 aromatic heterocycles. The molecular weight excluding hydrogens is 439 g/mol. The summed E-state index contributed by atoms with van der Waals surface area (Å²) in [5.74, 6) is 0. The molecule has 3 rings (SSSR count). The van der Waals surface area contributed by atoms with Crippen LogP contribution in [0.5, 0.6) is 0 Å². The summed E-state index contributed by atoms with van der Waals surface area (Å²) in [6.07, 6.45) is 7.96. The van der Waals surface area contributed by atoms with Gasteiger partial charge in [0.05, 0.1) is 6.61 Å². The number of unbranched alkanes of at least 4 members (excludes halogenated alkanes) is 5. The van der Waals surface area contributed by atoms with Crippen molar-refractivity contribution in [3.63, 3.8) is 0 Å². The van der Waals surface area contributed by atoms with E-state index in [1.807, 2.05) is 22.7 Å². The molecule has 3 nitrogen and oxygen atoms in total. The van der Waals surface area contributed by atoms with E-state index in [4.69, 9.17) is 4.52 Å². The van der Waals surface area contributed by atoms with Gasteiger partial charge < -0.3 is 9.42 Å². The van der Waals surface area contributed by atoms with Gasteiger partial charge in [0.15, 0.2) is 0 Å². The molecule has 0 aliphatic rings. The summed E-state index contributed by atoms with van der Waals surface area (Å²) in [4.78, 5) is 16.4. The van der Waals surface area contributed by atoms with Crippen molar-refractivity contribution < 1.29 is 14.0 Å². The van der Waals surface area contributed by atoms with Gasteiger partial charge in [0, 0.05) is 30.5 Å². The second-order valence-electron chi connectivity index (χ2n) is 7.06. The fourth-order valence-electron chi connectivity index (χ4n) is 3.25. The van der Waals surface area contributed by atoms with Crippen molar-refractivity contribution in [1.29, 1.82) is 0 Å². The summed E-state index contributed by atoms with van der Waals surface area (Å²) in [5.41, 5.74) is 0. The van der Waals surface area contributed by atoms with Crippen LogP contribution < -0.4 is 0 Å². The van der Waals surface area contributed by atoms with Crippen LogP contribution in [0.3, 0.4) is 0 Å². The fourth-order valence-corrected chi connectivity index (χ4v) is 7.39. The van der Waals surface area contributed by atoms with E-state index >= 15 is 0 Å². The Bertz CT molecular complexity index is 898. The molecule has 7 heteroatoms. The van der Waals surface area contributed by atoms with Gasteiger partial charge in [-0.05, 0) is 61.9 Å². The molecule has 3 heterocycles. The second-order valence-corrected chi connectivity index (χ2v) is 12.2. The van der Waals surface area contributed by atoms with Gasteiger partial charge in [-0.15, -0.1) is 34.0 Å². The normalized spacial score (nSPS) is 13.6. The second kappa shape index (κ2) is 11.6. The predicted molar refractivity (Wildman–Crippen MR) is 129 cm³/mol. The lowest BCUT2D eigenvalue weighted by Gasteiger charge is -2.09. The first-order chi connectivity index (χ1) is 14.1. The Morgan fingerprint density at radius 2 is 1.52 bits per heavy atom. The van der Waals surface area contributed by atoms with Crippen LogP contribution in [0.2, 0.25) is 0 Å². The number of rotatable bonds is 13. The van der Waals surface area contributed by atoms with E-state index in [0.29, 0.717) is 6.61 Å². The topological polar surface area (TPSA) is 46.5 Å². The zero-order chi connectivity index (χ0) is 20.5. The van der Waals surface area contributed by atoms with Gasteiger partial charge in [0.25, 0.3) is 0 Å². The molecule has 0 aromatic carbocycles. The van der Waals surface area contributed by atoms with Crippen LogP contribution >= 0.6 is 41.6 Å². The van der Waals surface area contributed by atoms with Gasteiger partial charge in [0.2, 0.25) is 0 Å². The number of aryl methyl sites for hydroxylation is 1. The highest BCUT2D eigenvalue weighted by Gasteiger charge is 2.16. The quantitative estimate of drug-likeness (QED) is 0.203. The number of thiophene rings is 3. The lowest BCUT2D eigenvalue weighted by atomic mass is 10.1. The van der Waals surface area contributed by atoms with Crippen LogP contribution in [0, 0.1) is 0 Å². The minimum atomic E-state index is -3.33. The van der Waals surface area contributed by atoms with E-state index < -0.39 is 7.60 Å². The molecule has 158 valence electrons. The monoisotopic (exact) mass is 468 g/mol. The Kier molecular flexibility index (Phi) is 9.16. The zero-order valence-corrected chi connectivity index (χ0v) is 20.2. The van der Waals surface area contributed by atoms with Crippen LogP contribution in [0.4, 0.5) is 0 Å². The highest BCUT2D eigenvalue weighted by molar-refractivity contribution is 7.52. The molecule has 1 unspecified atom stereocenters. The molecule has 0 amide bonds. The predicted octanol–water partition coefficient (Wildman–Crippen LogP) is 8.31. The average Bonchev–Trinajstić information content (AvgIpc) is 3.44. The largest absolute Gasteiger partial charge is 0.328 e. The van der Waals surface area contributed by atoms with E-state index in [9.17, 15) is 9.46 Å². The molecule has 1 atom stereocenters. The highest BCUT2D eigenvalue weighted by Crippen LogP contribution is 2.42. The third-order valence-corrected chi connectivity index (χ3v) is 9.75. The van der Waals surface area contributed by atoms with Crippen molar-refractivity contribution in [1.82, 2.24) is 0 Å². The molecule has 29 heavy (non-hydrogen) atoms. The summed E-state index contributed by atoms with van der Waals surface area (Å²) in [5, 5.41) is 2.13. The highest BCUT2D eigenvalue weighted by atomic mass is 32.1. The van der Waals surface area contributed by atoms with Crippen LogP contribution in [0.1, 0.15) is 50.3 Å². The molecular formula is C22H29O3PS3. The van der Waals surface area contributed by atoms with Crippen LogP contribution in [-0.2, 0) is 15.5 Å².